The Kier molecular flexibility index (Phi) is 9.21. The Hall–Kier alpha value is -4.08. The number of carboxylic acids is 1. The Morgan fingerprint density at radius 2 is 1.69 bits per heavy atom. The molecule has 1 heterocycles. The van der Waals surface area contributed by atoms with Gasteiger partial charge < -0.3 is 30.5 Å². The van der Waals surface area contributed by atoms with Gasteiger partial charge in [-0.05, 0) is 74.6 Å². The normalized spacial score (nSPS) is 15.6. The molecule has 0 bridgehead atoms. The molecule has 0 radical (unpaired) electrons. The molecule has 0 unspecified atom stereocenters. The summed E-state index contributed by atoms with van der Waals surface area (Å²) in [5, 5.41) is 24.3. The van der Waals surface area contributed by atoms with Crippen molar-refractivity contribution in [1.29, 1.82) is 0 Å². The van der Waals surface area contributed by atoms with Gasteiger partial charge in [0.1, 0.15) is 23.4 Å². The van der Waals surface area contributed by atoms with Crippen LogP contribution in [0, 0.1) is 13.8 Å². The smallest absolute Gasteiger partial charge is 0.408 e. The summed E-state index contributed by atoms with van der Waals surface area (Å²) in [6.07, 6.45) is -0.654. The van der Waals surface area contributed by atoms with E-state index >= 15 is 0 Å². The molecule has 10 nitrogen and oxygen atoms in total. The molecule has 1 aliphatic rings. The minimum atomic E-state index is -1.07. The number of aromatic hydroxyl groups is 1. The van der Waals surface area contributed by atoms with Gasteiger partial charge in [0.2, 0.25) is 11.8 Å². The van der Waals surface area contributed by atoms with Crippen LogP contribution < -0.4 is 10.6 Å². The first-order valence-corrected chi connectivity index (χ1v) is 12.9. The number of hydrogen-bond donors (Lipinski definition) is 4. The second-order valence-corrected chi connectivity index (χ2v) is 10.9. The molecule has 0 aliphatic carbocycles. The van der Waals surface area contributed by atoms with Crippen molar-refractivity contribution in [3.63, 3.8) is 0 Å². The lowest BCUT2D eigenvalue weighted by atomic mass is 9.91. The van der Waals surface area contributed by atoms with E-state index in [0.29, 0.717) is 0 Å². The fourth-order valence-corrected chi connectivity index (χ4v) is 4.75. The maximum atomic E-state index is 14.1. The molecule has 0 spiro atoms. The molecular weight excluding hydrogens is 502 g/mol. The fraction of sp³-hybridized carbons (Fsp3) is 0.448. The van der Waals surface area contributed by atoms with Crippen molar-refractivity contribution in [2.24, 2.45) is 0 Å². The lowest BCUT2D eigenvalue weighted by Crippen LogP contribution is -2.58. The molecule has 1 aliphatic heterocycles. The predicted molar refractivity (Wildman–Crippen MR) is 144 cm³/mol. The lowest BCUT2D eigenvalue weighted by molar-refractivity contribution is -0.143. The summed E-state index contributed by atoms with van der Waals surface area (Å²) < 4.78 is 5.43. The number of carbonyl (C=O) groups excluding carboxylic acids is 3. The van der Waals surface area contributed by atoms with Gasteiger partial charge in [-0.3, -0.25) is 14.4 Å². The molecule has 2 atom stereocenters. The molecule has 10 heteroatoms. The average Bonchev–Trinajstić information content (AvgIpc) is 2.82. The summed E-state index contributed by atoms with van der Waals surface area (Å²) >= 11 is 0. The highest BCUT2D eigenvalue weighted by atomic mass is 16.6. The first-order valence-electron chi connectivity index (χ1n) is 12.9. The SMILES string of the molecule is Cc1cc(O)cc(C)c1C[C@H](NC(=O)OC(C)(C)C)C(=O)N1Cc2ccccc2C[C@H]1C(=O)NCCC(=O)O. The van der Waals surface area contributed by atoms with Gasteiger partial charge in [0.15, 0.2) is 0 Å². The van der Waals surface area contributed by atoms with E-state index in [9.17, 15) is 24.3 Å². The number of nitrogens with zero attached hydrogens (tertiary/aromatic N) is 1. The lowest BCUT2D eigenvalue weighted by Gasteiger charge is -2.38. The molecule has 39 heavy (non-hydrogen) atoms. The third-order valence-corrected chi connectivity index (χ3v) is 6.55. The van der Waals surface area contributed by atoms with Crippen LogP contribution >= 0.6 is 0 Å². The van der Waals surface area contributed by atoms with E-state index in [0.717, 1.165) is 27.8 Å². The van der Waals surface area contributed by atoms with E-state index in [1.165, 1.54) is 4.90 Å². The Morgan fingerprint density at radius 3 is 2.28 bits per heavy atom. The number of alkyl carbamates (subject to hydrolysis) is 1. The number of carbonyl (C=O) groups is 4. The number of hydrogen-bond acceptors (Lipinski definition) is 6. The molecule has 3 rings (SSSR count). The predicted octanol–water partition coefficient (Wildman–Crippen LogP) is 2.99. The number of benzene rings is 2. The van der Waals surface area contributed by atoms with Gasteiger partial charge in [-0.25, -0.2) is 4.79 Å². The number of phenols is 1. The number of fused-ring (bicyclic) bond motifs is 1. The van der Waals surface area contributed by atoms with Crippen molar-refractivity contribution < 1.29 is 34.1 Å². The molecule has 210 valence electrons. The first kappa shape index (κ1) is 29.5. The number of rotatable bonds is 8. The van der Waals surface area contributed by atoms with Crippen LogP contribution in [0.1, 0.15) is 55.0 Å². The highest BCUT2D eigenvalue weighted by Gasteiger charge is 2.38. The summed E-state index contributed by atoms with van der Waals surface area (Å²) in [4.78, 5) is 52.5. The highest BCUT2D eigenvalue weighted by molar-refractivity contribution is 5.92. The molecule has 2 aromatic carbocycles. The van der Waals surface area contributed by atoms with Crippen LogP contribution in [-0.4, -0.2) is 63.2 Å². The van der Waals surface area contributed by atoms with E-state index in [1.807, 2.05) is 38.1 Å². The summed E-state index contributed by atoms with van der Waals surface area (Å²) in [5.41, 5.74) is 3.29. The van der Waals surface area contributed by atoms with Crippen LogP contribution in [0.2, 0.25) is 0 Å². The van der Waals surface area contributed by atoms with Gasteiger partial charge >= 0.3 is 12.1 Å². The van der Waals surface area contributed by atoms with E-state index in [1.54, 1.807) is 32.9 Å². The van der Waals surface area contributed by atoms with Crippen LogP contribution in [0.5, 0.6) is 5.75 Å². The van der Waals surface area contributed by atoms with Crippen LogP contribution in [0.25, 0.3) is 0 Å². The number of aryl methyl sites for hydroxylation is 2. The third kappa shape index (κ3) is 7.95. The Balaban J connectivity index is 1.96. The summed E-state index contributed by atoms with van der Waals surface area (Å²) in [7, 11) is 0. The molecule has 0 saturated carbocycles. The van der Waals surface area contributed by atoms with Crippen molar-refractivity contribution in [2.75, 3.05) is 6.54 Å². The Morgan fingerprint density at radius 1 is 1.08 bits per heavy atom. The van der Waals surface area contributed by atoms with E-state index in [4.69, 9.17) is 9.84 Å². The van der Waals surface area contributed by atoms with E-state index in [-0.39, 0.29) is 38.1 Å². The van der Waals surface area contributed by atoms with Gasteiger partial charge in [-0.15, -0.1) is 0 Å². The topological polar surface area (TPSA) is 145 Å². The van der Waals surface area contributed by atoms with Crippen molar-refractivity contribution in [1.82, 2.24) is 15.5 Å². The van der Waals surface area contributed by atoms with E-state index < -0.39 is 41.6 Å². The van der Waals surface area contributed by atoms with Crippen LogP contribution in [0.4, 0.5) is 4.79 Å². The minimum Gasteiger partial charge on any atom is -0.508 e. The van der Waals surface area contributed by atoms with Crippen LogP contribution in [0.15, 0.2) is 36.4 Å². The van der Waals surface area contributed by atoms with Crippen molar-refractivity contribution in [3.05, 3.63) is 64.2 Å². The standard InChI is InChI=1S/C29H37N3O7/c1-17-12-21(33)13-18(2)22(17)15-23(31-28(38)39-29(3,4)5)27(37)32-16-20-9-7-6-8-19(20)14-24(32)26(36)30-11-10-25(34)35/h6-9,12-13,23-24,33H,10-11,14-16H2,1-5H3,(H,30,36)(H,31,38)(H,34,35)/t23-,24-/m0/s1. The molecule has 4 N–H and O–H groups in total. The third-order valence-electron chi connectivity index (χ3n) is 6.55. The molecule has 0 saturated heterocycles. The molecule has 0 fully saturated rings. The minimum absolute atomic E-state index is 0.0696. The van der Waals surface area contributed by atoms with Crippen LogP contribution in [-0.2, 0) is 38.5 Å². The number of nitrogens with one attached hydrogen (secondary N) is 2. The van der Waals surface area contributed by atoms with Crippen molar-refractivity contribution >= 4 is 23.9 Å². The molecule has 3 amide bonds. The fourth-order valence-electron chi connectivity index (χ4n) is 4.75. The van der Waals surface area contributed by atoms with Crippen LogP contribution in [0.3, 0.4) is 0 Å². The van der Waals surface area contributed by atoms with Gasteiger partial charge in [0, 0.05) is 25.9 Å². The Labute approximate surface area is 228 Å². The molecular formula is C29H37N3O7. The number of phenolic OH excluding ortho intramolecular Hbond substituents is 1. The largest absolute Gasteiger partial charge is 0.508 e. The molecule has 0 aromatic heterocycles. The maximum absolute atomic E-state index is 14.1. The van der Waals surface area contributed by atoms with Gasteiger partial charge in [-0.1, -0.05) is 24.3 Å². The van der Waals surface area contributed by atoms with E-state index in [2.05, 4.69) is 10.6 Å². The highest BCUT2D eigenvalue weighted by Crippen LogP contribution is 2.27. The maximum Gasteiger partial charge on any atom is 0.408 e. The van der Waals surface area contributed by atoms with Crippen molar-refractivity contribution in [3.8, 4) is 5.75 Å². The van der Waals surface area contributed by atoms with Crippen molar-refractivity contribution in [2.45, 2.75) is 78.1 Å². The quantitative estimate of drug-likeness (QED) is 0.403. The second kappa shape index (κ2) is 12.2. The summed E-state index contributed by atoms with van der Waals surface area (Å²) in [6.45, 7) is 8.86. The monoisotopic (exact) mass is 539 g/mol. The van der Waals surface area contributed by atoms with Gasteiger partial charge in [0.25, 0.3) is 0 Å². The number of carboxylic acid groups (broad SMARTS) is 1. The summed E-state index contributed by atoms with van der Waals surface area (Å²) in [5.74, 6) is -1.88. The van der Waals surface area contributed by atoms with Gasteiger partial charge in [0.05, 0.1) is 6.42 Å². The Bertz CT molecular complexity index is 1230. The average molecular weight is 540 g/mol. The molecule has 2 aromatic rings. The second-order valence-electron chi connectivity index (χ2n) is 10.9. The van der Waals surface area contributed by atoms with Gasteiger partial charge in [-0.2, -0.15) is 0 Å². The zero-order chi connectivity index (χ0) is 28.9. The zero-order valence-corrected chi connectivity index (χ0v) is 23.0. The zero-order valence-electron chi connectivity index (χ0n) is 23.0. The number of ether oxygens (including phenoxy) is 1. The number of aliphatic carboxylic acids is 1. The number of amides is 3. The first-order chi connectivity index (χ1) is 18.2. The summed E-state index contributed by atoms with van der Waals surface area (Å²) in [6, 6.07) is 8.72.